The van der Waals surface area contributed by atoms with Crippen LogP contribution in [0.2, 0.25) is 0 Å². The van der Waals surface area contributed by atoms with E-state index in [-0.39, 0.29) is 0 Å². The Labute approximate surface area is 78.5 Å². The second kappa shape index (κ2) is 3.69. The summed E-state index contributed by atoms with van der Waals surface area (Å²) in [5.41, 5.74) is 0. The normalized spacial score (nSPS) is 15.5. The van der Waals surface area contributed by atoms with Gasteiger partial charge in [0.15, 0.2) is 0 Å². The summed E-state index contributed by atoms with van der Waals surface area (Å²) in [4.78, 5) is 0. The van der Waals surface area contributed by atoms with E-state index in [4.69, 9.17) is 9.47 Å². The predicted octanol–water partition coefficient (Wildman–Crippen LogP) is 2.43. The number of rotatable bonds is 4. The molecule has 0 unspecified atom stereocenters. The lowest BCUT2D eigenvalue weighted by molar-refractivity contribution is 0.296. The van der Waals surface area contributed by atoms with Gasteiger partial charge in [-0.3, -0.25) is 0 Å². The Morgan fingerprint density at radius 1 is 1.38 bits per heavy atom. The van der Waals surface area contributed by atoms with Gasteiger partial charge >= 0.3 is 0 Å². The molecule has 0 N–H and O–H groups in total. The average molecular weight is 177 g/mol. The molecule has 1 aliphatic rings. The molecule has 0 aromatic heterocycles. The predicted molar refractivity (Wildman–Crippen MR) is 50.1 cm³/mol. The van der Waals surface area contributed by atoms with Gasteiger partial charge in [-0.05, 0) is 31.9 Å². The zero-order valence-corrected chi connectivity index (χ0v) is 7.75. The Kier molecular flexibility index (Phi) is 2.39. The lowest BCUT2D eigenvalue weighted by atomic mass is 10.3. The Hall–Kier alpha value is -1.18. The van der Waals surface area contributed by atoms with Gasteiger partial charge < -0.3 is 9.47 Å². The number of hydrogen-bond donors (Lipinski definition) is 0. The summed E-state index contributed by atoms with van der Waals surface area (Å²) < 4.78 is 10.9. The number of ether oxygens (including phenoxy) is 2. The molecule has 1 aliphatic carbocycles. The zero-order chi connectivity index (χ0) is 9.10. The third-order valence-electron chi connectivity index (χ3n) is 1.86. The van der Waals surface area contributed by atoms with Crippen molar-refractivity contribution in [2.45, 2.75) is 25.9 Å². The summed E-state index contributed by atoms with van der Waals surface area (Å²) in [6.45, 7) is 2.63. The molecule has 2 heteroatoms. The van der Waals surface area contributed by atoms with Crippen LogP contribution in [0.25, 0.3) is 0 Å². The van der Waals surface area contributed by atoms with Gasteiger partial charge in [-0.1, -0.05) is 6.07 Å². The highest BCUT2D eigenvalue weighted by atomic mass is 16.5. The summed E-state index contributed by atoms with van der Waals surface area (Å²) in [6, 6.07) is 8.81. The number of hydrogen-bond acceptors (Lipinski definition) is 2. The molecule has 0 atom stereocenters. The molecule has 1 aromatic carbocycles. The lowest BCUT2D eigenvalue weighted by Gasteiger charge is -2.06. The highest BCUT2D eigenvalue weighted by molar-refractivity contribution is 5.31. The van der Waals surface area contributed by atoms with E-state index in [0.29, 0.717) is 12.7 Å². The van der Waals surface area contributed by atoms with E-state index in [1.807, 2.05) is 25.1 Å². The molecule has 69 valence electrons. The topological polar surface area (TPSA) is 18.5 Å². The Morgan fingerprint density at radius 2 is 2.15 bits per heavy atom. The van der Waals surface area contributed by atoms with Crippen LogP contribution in [0.3, 0.4) is 0 Å². The third-order valence-corrected chi connectivity index (χ3v) is 1.86. The molecule has 0 amide bonds. The average Bonchev–Trinajstić information content (AvgIpc) is 2.90. The zero-order valence-electron chi connectivity index (χ0n) is 7.75. The van der Waals surface area contributed by atoms with Crippen molar-refractivity contribution >= 4 is 0 Å². The highest BCUT2D eigenvalue weighted by Gasteiger charge is 2.23. The molecule has 1 aromatic rings. The van der Waals surface area contributed by atoms with Crippen LogP contribution in [0.1, 0.15) is 19.8 Å². The SMILES string of the molecule is CCOc1[c]c(OC2CC2)ccc1. The lowest BCUT2D eigenvalue weighted by Crippen LogP contribution is -1.97. The minimum Gasteiger partial charge on any atom is -0.493 e. The molecule has 0 heterocycles. The van der Waals surface area contributed by atoms with E-state index >= 15 is 0 Å². The third kappa shape index (κ3) is 2.38. The van der Waals surface area contributed by atoms with Gasteiger partial charge in [-0.15, -0.1) is 0 Å². The highest BCUT2D eigenvalue weighted by Crippen LogP contribution is 2.28. The first-order chi connectivity index (χ1) is 6.38. The van der Waals surface area contributed by atoms with Crippen molar-refractivity contribution in [2.24, 2.45) is 0 Å². The maximum atomic E-state index is 5.58. The fourth-order valence-corrected chi connectivity index (χ4v) is 1.10. The molecule has 0 aliphatic heterocycles. The monoisotopic (exact) mass is 177 g/mol. The van der Waals surface area contributed by atoms with Crippen LogP contribution in [0.4, 0.5) is 0 Å². The van der Waals surface area contributed by atoms with E-state index in [1.165, 1.54) is 12.8 Å². The fraction of sp³-hybridized carbons (Fsp3) is 0.455. The van der Waals surface area contributed by atoms with Crippen LogP contribution in [0, 0.1) is 6.07 Å². The van der Waals surface area contributed by atoms with Crippen molar-refractivity contribution < 1.29 is 9.47 Å². The van der Waals surface area contributed by atoms with E-state index in [0.717, 1.165) is 11.5 Å². The molecule has 1 fully saturated rings. The van der Waals surface area contributed by atoms with E-state index < -0.39 is 0 Å². The van der Waals surface area contributed by atoms with Gasteiger partial charge in [0.1, 0.15) is 11.5 Å². The molecule has 2 rings (SSSR count). The summed E-state index contributed by atoms with van der Waals surface area (Å²) in [7, 11) is 0. The van der Waals surface area contributed by atoms with Gasteiger partial charge in [0.05, 0.1) is 18.8 Å². The minimum absolute atomic E-state index is 0.424. The second-order valence-corrected chi connectivity index (χ2v) is 3.13. The molecule has 13 heavy (non-hydrogen) atoms. The van der Waals surface area contributed by atoms with Crippen molar-refractivity contribution in [3.8, 4) is 11.5 Å². The van der Waals surface area contributed by atoms with Crippen LogP contribution >= 0.6 is 0 Å². The molecular formula is C11H13O2. The van der Waals surface area contributed by atoms with Crippen molar-refractivity contribution in [3.63, 3.8) is 0 Å². The van der Waals surface area contributed by atoms with Crippen molar-refractivity contribution in [2.75, 3.05) is 6.61 Å². The van der Waals surface area contributed by atoms with Gasteiger partial charge in [-0.25, -0.2) is 0 Å². The molecule has 1 radical (unpaired) electrons. The van der Waals surface area contributed by atoms with Gasteiger partial charge in [0, 0.05) is 0 Å². The Bertz CT molecular complexity index is 279. The van der Waals surface area contributed by atoms with E-state index in [2.05, 4.69) is 6.07 Å². The van der Waals surface area contributed by atoms with E-state index in [1.54, 1.807) is 0 Å². The quantitative estimate of drug-likeness (QED) is 0.703. The van der Waals surface area contributed by atoms with E-state index in [9.17, 15) is 0 Å². The standard InChI is InChI=1S/C11H13O2/c1-2-12-10-4-3-5-11(8-10)13-9-6-7-9/h3-5,9H,2,6-7H2,1H3. The summed E-state index contributed by atoms with van der Waals surface area (Å²) in [6.07, 6.45) is 2.77. The second-order valence-electron chi connectivity index (χ2n) is 3.13. The first kappa shape index (κ1) is 8.42. The smallest absolute Gasteiger partial charge is 0.131 e. The van der Waals surface area contributed by atoms with Crippen LogP contribution in [0.15, 0.2) is 18.2 Å². The van der Waals surface area contributed by atoms with Crippen LogP contribution in [0.5, 0.6) is 11.5 Å². The fourth-order valence-electron chi connectivity index (χ4n) is 1.10. The largest absolute Gasteiger partial charge is 0.493 e. The van der Waals surface area contributed by atoms with Gasteiger partial charge in [-0.2, -0.15) is 0 Å². The molecule has 2 nitrogen and oxygen atoms in total. The van der Waals surface area contributed by atoms with Crippen molar-refractivity contribution in [1.82, 2.24) is 0 Å². The minimum atomic E-state index is 0.424. The Balaban J connectivity index is 2.02. The van der Waals surface area contributed by atoms with Crippen LogP contribution in [-0.4, -0.2) is 12.7 Å². The van der Waals surface area contributed by atoms with Crippen LogP contribution in [-0.2, 0) is 0 Å². The van der Waals surface area contributed by atoms with Crippen molar-refractivity contribution in [1.29, 1.82) is 0 Å². The van der Waals surface area contributed by atoms with Crippen LogP contribution < -0.4 is 9.47 Å². The Morgan fingerprint density at radius 3 is 2.85 bits per heavy atom. The van der Waals surface area contributed by atoms with Crippen molar-refractivity contribution in [3.05, 3.63) is 24.3 Å². The molecule has 0 bridgehead atoms. The molecule has 1 saturated carbocycles. The summed E-state index contributed by atoms with van der Waals surface area (Å²) >= 11 is 0. The molecule has 0 spiro atoms. The first-order valence-corrected chi connectivity index (χ1v) is 4.70. The number of benzene rings is 1. The maximum absolute atomic E-state index is 5.58. The summed E-state index contributed by atoms with van der Waals surface area (Å²) in [5.74, 6) is 1.56. The van der Waals surface area contributed by atoms with Gasteiger partial charge in [0.2, 0.25) is 0 Å². The molecular weight excluding hydrogens is 164 g/mol. The first-order valence-electron chi connectivity index (χ1n) is 4.70. The molecule has 0 saturated heterocycles. The maximum Gasteiger partial charge on any atom is 0.131 e. The van der Waals surface area contributed by atoms with Gasteiger partial charge in [0.25, 0.3) is 0 Å². The summed E-state index contributed by atoms with van der Waals surface area (Å²) in [5, 5.41) is 0.